The van der Waals surface area contributed by atoms with E-state index in [1.54, 1.807) is 6.07 Å². The van der Waals surface area contributed by atoms with Crippen LogP contribution in [0, 0.1) is 12.7 Å². The fourth-order valence-electron chi connectivity index (χ4n) is 5.34. The lowest BCUT2D eigenvalue weighted by Gasteiger charge is -2.32. The van der Waals surface area contributed by atoms with Gasteiger partial charge in [0, 0.05) is 40.8 Å². The van der Waals surface area contributed by atoms with Gasteiger partial charge in [-0.15, -0.1) is 0 Å². The lowest BCUT2D eigenvalue weighted by molar-refractivity contribution is 0.0885. The Morgan fingerprint density at radius 3 is 2.82 bits per heavy atom. The number of halogens is 1. The van der Waals surface area contributed by atoms with E-state index in [2.05, 4.69) is 27.5 Å². The average molecular weight is 446 g/mol. The predicted molar refractivity (Wildman–Crippen MR) is 128 cm³/mol. The number of hydrogen-bond acceptors (Lipinski definition) is 4. The van der Waals surface area contributed by atoms with E-state index in [0.29, 0.717) is 18.6 Å². The quantitative estimate of drug-likeness (QED) is 0.428. The van der Waals surface area contributed by atoms with Gasteiger partial charge in [0.1, 0.15) is 18.5 Å². The zero-order valence-electron chi connectivity index (χ0n) is 18.7. The smallest absolute Gasteiger partial charge is 0.171 e. The van der Waals surface area contributed by atoms with Gasteiger partial charge in [-0.2, -0.15) is 0 Å². The van der Waals surface area contributed by atoms with Gasteiger partial charge in [-0.05, 0) is 86.6 Å². The summed E-state index contributed by atoms with van der Waals surface area (Å²) in [6.45, 7) is 3.29. The molecular weight excluding hydrogens is 417 g/mol. The third-order valence-corrected chi connectivity index (χ3v) is 7.11. The molecule has 0 amide bonds. The van der Waals surface area contributed by atoms with Crippen LogP contribution in [0.4, 0.5) is 4.39 Å². The topological polar surface area (TPSA) is 59.2 Å². The Kier molecular flexibility index (Phi) is 5.18. The number of benzene rings is 2. The summed E-state index contributed by atoms with van der Waals surface area (Å²) in [5.74, 6) is 1.89. The molecule has 2 aliphatic rings. The molecule has 2 aromatic heterocycles. The molecule has 0 spiro atoms. The normalized spacial score (nSPS) is 22.7. The molecule has 1 aliphatic carbocycles. The fraction of sp³-hybridized carbons (Fsp3) is 0.370. The second-order valence-electron chi connectivity index (χ2n) is 9.35. The van der Waals surface area contributed by atoms with Crippen LogP contribution in [0.5, 0.6) is 11.5 Å². The summed E-state index contributed by atoms with van der Waals surface area (Å²) < 4.78 is 26.1. The Labute approximate surface area is 192 Å². The van der Waals surface area contributed by atoms with E-state index in [9.17, 15) is 4.39 Å². The number of pyridine rings is 1. The van der Waals surface area contributed by atoms with Crippen LogP contribution in [-0.2, 0) is 0 Å². The van der Waals surface area contributed by atoms with Crippen LogP contribution in [0.15, 0.2) is 48.7 Å². The molecule has 33 heavy (non-hydrogen) atoms. The molecule has 2 N–H and O–H groups in total. The van der Waals surface area contributed by atoms with Crippen LogP contribution in [0.2, 0.25) is 0 Å². The molecule has 1 fully saturated rings. The molecule has 0 radical (unpaired) electrons. The first-order chi connectivity index (χ1) is 16.1. The van der Waals surface area contributed by atoms with Gasteiger partial charge in [0.05, 0.1) is 5.52 Å². The monoisotopic (exact) mass is 445 g/mol. The van der Waals surface area contributed by atoms with Crippen molar-refractivity contribution in [1.82, 2.24) is 15.3 Å². The number of H-pyrrole nitrogens is 1. The summed E-state index contributed by atoms with van der Waals surface area (Å²) >= 11 is 0. The van der Waals surface area contributed by atoms with Crippen LogP contribution in [0.25, 0.3) is 21.8 Å². The Hall–Kier alpha value is -3.12. The van der Waals surface area contributed by atoms with Crippen LogP contribution in [-0.4, -0.2) is 35.3 Å². The number of hydrogen-bond donors (Lipinski definition) is 2. The molecule has 170 valence electrons. The van der Waals surface area contributed by atoms with Gasteiger partial charge < -0.3 is 19.8 Å². The highest BCUT2D eigenvalue weighted by Gasteiger charge is 2.27. The van der Waals surface area contributed by atoms with E-state index >= 15 is 0 Å². The first kappa shape index (κ1) is 20.5. The molecule has 6 rings (SSSR count). The van der Waals surface area contributed by atoms with Gasteiger partial charge in [-0.1, -0.05) is 0 Å². The largest absolute Gasteiger partial charge is 0.486 e. The van der Waals surface area contributed by atoms with Crippen LogP contribution in [0.1, 0.15) is 42.9 Å². The molecule has 0 bridgehead atoms. The van der Waals surface area contributed by atoms with Crippen molar-refractivity contribution < 1.29 is 13.9 Å². The number of nitrogens with one attached hydrogen (secondary N) is 2. The zero-order chi connectivity index (χ0) is 22.4. The molecule has 0 saturated heterocycles. The minimum Gasteiger partial charge on any atom is -0.486 e. The minimum absolute atomic E-state index is 0.0290. The molecule has 0 unspecified atom stereocenters. The van der Waals surface area contributed by atoms with Gasteiger partial charge in [0.25, 0.3) is 0 Å². The second-order valence-corrected chi connectivity index (χ2v) is 9.35. The van der Waals surface area contributed by atoms with E-state index in [1.165, 1.54) is 11.6 Å². The number of aryl methyl sites for hydroxylation is 1. The van der Waals surface area contributed by atoms with E-state index in [1.807, 2.05) is 31.2 Å². The Bertz CT molecular complexity index is 1310. The molecule has 1 atom stereocenters. The highest BCUT2D eigenvalue weighted by atomic mass is 19.1. The first-order valence-electron chi connectivity index (χ1n) is 11.8. The van der Waals surface area contributed by atoms with Crippen LogP contribution >= 0.6 is 0 Å². The number of aromatic amines is 1. The number of rotatable bonds is 4. The Morgan fingerprint density at radius 2 is 1.94 bits per heavy atom. The maximum Gasteiger partial charge on any atom is 0.171 e. The third-order valence-electron chi connectivity index (χ3n) is 7.11. The van der Waals surface area contributed by atoms with Crippen molar-refractivity contribution in [3.05, 3.63) is 65.7 Å². The van der Waals surface area contributed by atoms with Crippen molar-refractivity contribution in [2.24, 2.45) is 0 Å². The summed E-state index contributed by atoms with van der Waals surface area (Å²) in [4.78, 5) is 7.90. The number of ether oxygens (including phenoxy) is 2. The number of aromatic nitrogens is 2. The SMILES string of the molecule is Cc1ccc2c3c(ccc2n1)OC[C@H](CN[C@H]1CC[C@@H](c2c[nH]c4ccc(F)cc42)CC1)O3. The Balaban J connectivity index is 1.07. The molecule has 1 aliphatic heterocycles. The highest BCUT2D eigenvalue weighted by molar-refractivity contribution is 5.88. The lowest BCUT2D eigenvalue weighted by atomic mass is 9.81. The Morgan fingerprint density at radius 1 is 1.06 bits per heavy atom. The summed E-state index contributed by atoms with van der Waals surface area (Å²) in [5.41, 5.74) is 4.19. The predicted octanol–water partition coefficient (Wildman–Crippen LogP) is 5.62. The summed E-state index contributed by atoms with van der Waals surface area (Å²) in [5, 5.41) is 5.72. The maximum atomic E-state index is 13.7. The van der Waals surface area contributed by atoms with Crippen LogP contribution < -0.4 is 14.8 Å². The summed E-state index contributed by atoms with van der Waals surface area (Å²) in [6.07, 6.45) is 6.43. The molecular formula is C27H28FN3O2. The van der Waals surface area contributed by atoms with Gasteiger partial charge in [0.2, 0.25) is 0 Å². The first-order valence-corrected chi connectivity index (χ1v) is 11.8. The van der Waals surface area contributed by atoms with Crippen molar-refractivity contribution >= 4 is 21.8 Å². The average Bonchev–Trinajstić information content (AvgIpc) is 3.25. The summed E-state index contributed by atoms with van der Waals surface area (Å²) in [7, 11) is 0. The zero-order valence-corrected chi connectivity index (χ0v) is 18.7. The van der Waals surface area contributed by atoms with Gasteiger partial charge in [-0.3, -0.25) is 4.98 Å². The van der Waals surface area contributed by atoms with Crippen LogP contribution in [0.3, 0.4) is 0 Å². The number of nitrogens with zero attached hydrogens (tertiary/aromatic N) is 1. The fourth-order valence-corrected chi connectivity index (χ4v) is 5.34. The minimum atomic E-state index is -0.173. The van der Waals surface area contributed by atoms with Crippen molar-refractivity contribution in [1.29, 1.82) is 0 Å². The van der Waals surface area contributed by atoms with E-state index in [-0.39, 0.29) is 11.9 Å². The summed E-state index contributed by atoms with van der Waals surface area (Å²) in [6, 6.07) is 13.5. The van der Waals surface area contributed by atoms with Gasteiger partial charge >= 0.3 is 0 Å². The maximum absolute atomic E-state index is 13.7. The van der Waals surface area contributed by atoms with Gasteiger partial charge in [0.15, 0.2) is 11.5 Å². The van der Waals surface area contributed by atoms with Crippen molar-refractivity contribution in [2.75, 3.05) is 13.2 Å². The van der Waals surface area contributed by atoms with Crippen molar-refractivity contribution in [2.45, 2.75) is 50.7 Å². The molecule has 5 nitrogen and oxygen atoms in total. The van der Waals surface area contributed by atoms with E-state index in [0.717, 1.165) is 71.2 Å². The van der Waals surface area contributed by atoms with Crippen molar-refractivity contribution in [3.8, 4) is 11.5 Å². The highest BCUT2D eigenvalue weighted by Crippen LogP contribution is 2.39. The molecule has 1 saturated carbocycles. The standard InChI is InChI=1S/C27H28FN3O2/c1-16-2-8-21-25(31-16)10-11-26-27(21)33-20(15-32-26)13-29-19-6-3-17(4-7-19)23-14-30-24-9-5-18(28)12-22(23)24/h2,5,8-12,14,17,19-20,29-30H,3-4,6-7,13,15H2,1H3/t17-,19+,20-/m0/s1. The molecule has 2 aromatic carbocycles. The van der Waals surface area contributed by atoms with Crippen molar-refractivity contribution in [3.63, 3.8) is 0 Å². The number of fused-ring (bicyclic) bond motifs is 4. The molecule has 3 heterocycles. The van der Waals surface area contributed by atoms with E-state index < -0.39 is 0 Å². The molecule has 6 heteroatoms. The molecule has 4 aromatic rings. The van der Waals surface area contributed by atoms with Gasteiger partial charge in [-0.25, -0.2) is 4.39 Å². The lowest BCUT2D eigenvalue weighted by Crippen LogP contribution is -2.43. The van der Waals surface area contributed by atoms with E-state index in [4.69, 9.17) is 9.47 Å². The second kappa shape index (κ2) is 8.34. The third kappa shape index (κ3) is 3.93.